The van der Waals surface area contributed by atoms with Gasteiger partial charge in [0.05, 0.1) is 11.5 Å². The van der Waals surface area contributed by atoms with Crippen LogP contribution < -0.4 is 9.64 Å². The Hall–Kier alpha value is -2.19. The SMILES string of the molecule is Cc1cc(N(C2CC2)C2CCN(S(=O)(=O)c3ccc4c(c3)CCO4)CC2)ncn1. The Bertz CT molecular complexity index is 1010. The molecule has 0 N–H and O–H groups in total. The number of fused-ring (bicyclic) bond motifs is 1. The number of hydrogen-bond acceptors (Lipinski definition) is 6. The Morgan fingerprint density at radius 2 is 1.83 bits per heavy atom. The van der Waals surface area contributed by atoms with Gasteiger partial charge in [0.15, 0.2) is 0 Å². The minimum Gasteiger partial charge on any atom is -0.493 e. The van der Waals surface area contributed by atoms with Gasteiger partial charge in [-0.05, 0) is 56.4 Å². The van der Waals surface area contributed by atoms with Crippen LogP contribution in [0.15, 0.2) is 35.5 Å². The van der Waals surface area contributed by atoms with Crippen LogP contribution in [-0.2, 0) is 16.4 Å². The van der Waals surface area contributed by atoms with Crippen molar-refractivity contribution in [2.75, 3.05) is 24.6 Å². The van der Waals surface area contributed by atoms with Crippen LogP contribution in [0.4, 0.5) is 5.82 Å². The van der Waals surface area contributed by atoms with Gasteiger partial charge in [-0.2, -0.15) is 4.31 Å². The molecule has 0 unspecified atom stereocenters. The van der Waals surface area contributed by atoms with E-state index in [9.17, 15) is 8.42 Å². The lowest BCUT2D eigenvalue weighted by Gasteiger charge is -2.39. The first-order chi connectivity index (χ1) is 14.0. The molecule has 7 nitrogen and oxygen atoms in total. The van der Waals surface area contributed by atoms with Crippen LogP contribution in [0, 0.1) is 6.92 Å². The van der Waals surface area contributed by atoms with Gasteiger partial charge < -0.3 is 9.64 Å². The third-order valence-corrected chi connectivity index (χ3v) is 8.00. The first-order valence-electron chi connectivity index (χ1n) is 10.4. The molecule has 1 saturated heterocycles. The number of aromatic nitrogens is 2. The summed E-state index contributed by atoms with van der Waals surface area (Å²) in [5.41, 5.74) is 1.95. The highest BCUT2D eigenvalue weighted by Gasteiger charge is 2.38. The van der Waals surface area contributed by atoms with Gasteiger partial charge in [-0.1, -0.05) is 0 Å². The Balaban J connectivity index is 1.32. The smallest absolute Gasteiger partial charge is 0.243 e. The number of sulfonamides is 1. The highest BCUT2D eigenvalue weighted by molar-refractivity contribution is 7.89. The molecule has 2 aromatic rings. The maximum absolute atomic E-state index is 13.2. The van der Waals surface area contributed by atoms with E-state index >= 15 is 0 Å². The molecule has 154 valence electrons. The van der Waals surface area contributed by atoms with Crippen molar-refractivity contribution >= 4 is 15.8 Å². The summed E-state index contributed by atoms with van der Waals surface area (Å²) in [6.45, 7) is 3.68. The fraction of sp³-hybridized carbons (Fsp3) is 0.524. The molecule has 5 rings (SSSR count). The normalized spacial score (nSPS) is 20.3. The molecule has 3 aliphatic rings. The molecular weight excluding hydrogens is 388 g/mol. The predicted molar refractivity (Wildman–Crippen MR) is 110 cm³/mol. The number of nitrogens with zero attached hydrogens (tertiary/aromatic N) is 4. The maximum atomic E-state index is 13.2. The first kappa shape index (κ1) is 18.8. The van der Waals surface area contributed by atoms with E-state index in [4.69, 9.17) is 4.74 Å². The summed E-state index contributed by atoms with van der Waals surface area (Å²) in [6, 6.07) is 8.11. The van der Waals surface area contributed by atoms with Gasteiger partial charge in [0, 0.05) is 43.4 Å². The van der Waals surface area contributed by atoms with Gasteiger partial charge in [-0.15, -0.1) is 0 Å². The topological polar surface area (TPSA) is 75.6 Å². The fourth-order valence-corrected chi connectivity index (χ4v) is 5.96. The zero-order valence-electron chi connectivity index (χ0n) is 16.6. The van der Waals surface area contributed by atoms with Gasteiger partial charge in [0.2, 0.25) is 10.0 Å². The molecule has 0 bridgehead atoms. The lowest BCUT2D eigenvalue weighted by atomic mass is 10.0. The average Bonchev–Trinajstić information content (AvgIpc) is 3.43. The Morgan fingerprint density at radius 1 is 1.07 bits per heavy atom. The molecule has 29 heavy (non-hydrogen) atoms. The van der Waals surface area contributed by atoms with Crippen molar-refractivity contribution in [3.8, 4) is 5.75 Å². The van der Waals surface area contributed by atoms with E-state index in [2.05, 4.69) is 14.9 Å². The standard InChI is InChI=1S/C21H26N4O3S/c1-15-12-21(23-14-22-15)25(17-2-3-17)18-6-9-24(10-7-18)29(26,27)19-4-5-20-16(13-19)8-11-28-20/h4-5,12-14,17-18H,2-3,6-11H2,1H3. The average molecular weight is 415 g/mol. The number of aryl methyl sites for hydroxylation is 1. The van der Waals surface area contributed by atoms with Crippen molar-refractivity contribution in [3.05, 3.63) is 41.9 Å². The minimum atomic E-state index is -3.48. The molecule has 0 atom stereocenters. The Morgan fingerprint density at radius 3 is 2.55 bits per heavy atom. The second-order valence-corrected chi connectivity index (χ2v) is 10.1. The van der Waals surface area contributed by atoms with E-state index in [1.807, 2.05) is 13.0 Å². The Kier molecular flexibility index (Phi) is 4.70. The van der Waals surface area contributed by atoms with Gasteiger partial charge >= 0.3 is 0 Å². The van der Waals surface area contributed by atoms with Gasteiger partial charge in [-0.25, -0.2) is 18.4 Å². The molecule has 1 aromatic heterocycles. The van der Waals surface area contributed by atoms with Crippen molar-refractivity contribution in [2.45, 2.75) is 56.0 Å². The summed E-state index contributed by atoms with van der Waals surface area (Å²) in [7, 11) is -3.48. The van der Waals surface area contributed by atoms with Gasteiger partial charge in [0.25, 0.3) is 0 Å². The van der Waals surface area contributed by atoms with E-state index in [-0.39, 0.29) is 0 Å². The van der Waals surface area contributed by atoms with Crippen LogP contribution in [0.3, 0.4) is 0 Å². The first-order valence-corrected chi connectivity index (χ1v) is 11.8. The molecule has 2 fully saturated rings. The van der Waals surface area contributed by atoms with E-state index in [0.29, 0.717) is 36.7 Å². The maximum Gasteiger partial charge on any atom is 0.243 e. The molecule has 1 aliphatic carbocycles. The molecule has 0 radical (unpaired) electrons. The van der Waals surface area contributed by atoms with Crippen molar-refractivity contribution in [1.82, 2.24) is 14.3 Å². The molecule has 2 aliphatic heterocycles. The van der Waals surface area contributed by atoms with E-state index in [1.165, 1.54) is 12.8 Å². The molecular formula is C21H26N4O3S. The quantitative estimate of drug-likeness (QED) is 0.748. The van der Waals surface area contributed by atoms with Crippen molar-refractivity contribution in [2.24, 2.45) is 0 Å². The van der Waals surface area contributed by atoms with Crippen LogP contribution in [0.2, 0.25) is 0 Å². The predicted octanol–water partition coefficient (Wildman–Crippen LogP) is 2.54. The van der Waals surface area contributed by atoms with Gasteiger partial charge in [0.1, 0.15) is 17.9 Å². The third kappa shape index (κ3) is 3.59. The molecule has 0 spiro atoms. The largest absolute Gasteiger partial charge is 0.493 e. The van der Waals surface area contributed by atoms with Gasteiger partial charge in [-0.3, -0.25) is 0 Å². The number of ether oxygens (including phenoxy) is 1. The number of anilines is 1. The zero-order chi connectivity index (χ0) is 20.0. The summed E-state index contributed by atoms with van der Waals surface area (Å²) in [4.78, 5) is 11.5. The summed E-state index contributed by atoms with van der Waals surface area (Å²) in [6.07, 6.45) is 6.38. The van der Waals surface area contributed by atoms with Crippen LogP contribution in [0.5, 0.6) is 5.75 Å². The second kappa shape index (κ2) is 7.25. The highest BCUT2D eigenvalue weighted by Crippen LogP contribution is 2.36. The summed E-state index contributed by atoms with van der Waals surface area (Å²) in [5.74, 6) is 1.78. The number of piperidine rings is 1. The summed E-state index contributed by atoms with van der Waals surface area (Å²) >= 11 is 0. The van der Waals surface area contributed by atoms with Crippen LogP contribution in [-0.4, -0.2) is 54.5 Å². The zero-order valence-corrected chi connectivity index (χ0v) is 17.4. The highest BCUT2D eigenvalue weighted by atomic mass is 32.2. The molecule has 0 amide bonds. The second-order valence-electron chi connectivity index (χ2n) is 8.16. The monoisotopic (exact) mass is 414 g/mol. The lowest BCUT2D eigenvalue weighted by Crippen LogP contribution is -2.48. The lowest BCUT2D eigenvalue weighted by molar-refractivity contribution is 0.308. The van der Waals surface area contributed by atoms with E-state index in [1.54, 1.807) is 28.8 Å². The number of hydrogen-bond donors (Lipinski definition) is 0. The van der Waals surface area contributed by atoms with E-state index in [0.717, 1.165) is 42.1 Å². The van der Waals surface area contributed by atoms with Crippen molar-refractivity contribution < 1.29 is 13.2 Å². The number of rotatable bonds is 5. The van der Waals surface area contributed by atoms with E-state index < -0.39 is 10.0 Å². The molecule has 1 saturated carbocycles. The third-order valence-electron chi connectivity index (χ3n) is 6.11. The van der Waals surface area contributed by atoms with Crippen molar-refractivity contribution in [1.29, 1.82) is 0 Å². The summed E-state index contributed by atoms with van der Waals surface area (Å²) < 4.78 is 33.5. The fourth-order valence-electron chi connectivity index (χ4n) is 4.44. The molecule has 8 heteroatoms. The summed E-state index contributed by atoms with van der Waals surface area (Å²) in [5, 5.41) is 0. The van der Waals surface area contributed by atoms with Crippen LogP contribution in [0.25, 0.3) is 0 Å². The van der Waals surface area contributed by atoms with Crippen LogP contribution >= 0.6 is 0 Å². The van der Waals surface area contributed by atoms with Crippen molar-refractivity contribution in [3.63, 3.8) is 0 Å². The van der Waals surface area contributed by atoms with Crippen LogP contribution in [0.1, 0.15) is 36.9 Å². The molecule has 3 heterocycles. The molecule has 1 aromatic carbocycles. The Labute approximate surface area is 171 Å². The minimum absolute atomic E-state index is 0.316. The number of benzene rings is 1.